The number of aromatic nitrogens is 2. The summed E-state index contributed by atoms with van der Waals surface area (Å²) in [7, 11) is 0. The Morgan fingerprint density at radius 2 is 2.00 bits per heavy atom. The van der Waals surface area contributed by atoms with Crippen molar-refractivity contribution >= 4 is 17.6 Å². The average Bonchev–Trinajstić information content (AvgIpc) is 3.02. The van der Waals surface area contributed by atoms with Gasteiger partial charge in [-0.1, -0.05) is 17.7 Å². The number of carbonyl (C=O) groups is 2. The van der Waals surface area contributed by atoms with Gasteiger partial charge in [0.25, 0.3) is 5.91 Å². The normalized spacial score (nSPS) is 18.4. The Kier molecular flexibility index (Phi) is 2.98. The number of benzene rings is 1. The first-order valence-electron chi connectivity index (χ1n) is 6.33. The Labute approximate surface area is 115 Å². The van der Waals surface area contributed by atoms with E-state index in [1.807, 2.05) is 19.1 Å². The van der Waals surface area contributed by atoms with E-state index < -0.39 is 6.04 Å². The van der Waals surface area contributed by atoms with Gasteiger partial charge in [0.2, 0.25) is 0 Å². The topological polar surface area (TPSA) is 78.1 Å². The lowest BCUT2D eigenvalue weighted by Gasteiger charge is -2.13. The number of aromatic amines is 1. The number of hydrogen-bond donors (Lipinski definition) is 2. The minimum atomic E-state index is -0.552. The van der Waals surface area contributed by atoms with Crippen LogP contribution in [-0.2, 0) is 11.2 Å². The molecule has 6 nitrogen and oxygen atoms in total. The summed E-state index contributed by atoms with van der Waals surface area (Å²) in [4.78, 5) is 32.3. The molecule has 1 fully saturated rings. The zero-order valence-corrected chi connectivity index (χ0v) is 11.0. The quantitative estimate of drug-likeness (QED) is 0.827. The number of urea groups is 1. The van der Waals surface area contributed by atoms with Crippen LogP contribution in [0.3, 0.4) is 0 Å². The van der Waals surface area contributed by atoms with E-state index in [2.05, 4.69) is 15.3 Å². The summed E-state index contributed by atoms with van der Waals surface area (Å²) in [6, 6.07) is 6.35. The summed E-state index contributed by atoms with van der Waals surface area (Å²) < 4.78 is 0. The molecule has 0 saturated carbocycles. The largest absolute Gasteiger partial charge is 0.348 e. The summed E-state index contributed by atoms with van der Waals surface area (Å²) in [5.74, 6) is -0.242. The van der Waals surface area contributed by atoms with E-state index in [4.69, 9.17) is 0 Å². The van der Waals surface area contributed by atoms with Crippen LogP contribution in [-0.4, -0.2) is 27.9 Å². The Hall–Kier alpha value is -2.63. The van der Waals surface area contributed by atoms with E-state index in [1.165, 1.54) is 4.90 Å². The molecule has 6 heteroatoms. The van der Waals surface area contributed by atoms with E-state index in [0.717, 1.165) is 11.3 Å². The lowest BCUT2D eigenvalue weighted by atomic mass is 10.1. The summed E-state index contributed by atoms with van der Waals surface area (Å²) >= 11 is 0. The van der Waals surface area contributed by atoms with Crippen LogP contribution in [0.15, 0.2) is 36.8 Å². The van der Waals surface area contributed by atoms with Crippen LogP contribution in [0.1, 0.15) is 11.3 Å². The SMILES string of the molecule is Cc1ccc(N2C(=O)NC(Cc3cnc[nH]3)C2=O)cc1. The molecule has 20 heavy (non-hydrogen) atoms. The van der Waals surface area contributed by atoms with Gasteiger partial charge in [0, 0.05) is 18.3 Å². The Morgan fingerprint density at radius 1 is 1.25 bits per heavy atom. The predicted molar refractivity (Wildman–Crippen MR) is 73.3 cm³/mol. The number of aryl methyl sites for hydroxylation is 1. The number of nitrogens with zero attached hydrogens (tertiary/aromatic N) is 2. The predicted octanol–water partition coefficient (Wildman–Crippen LogP) is 1.39. The Balaban J connectivity index is 1.81. The molecule has 3 rings (SSSR count). The second kappa shape index (κ2) is 4.80. The molecule has 0 radical (unpaired) electrons. The molecule has 0 bridgehead atoms. The van der Waals surface area contributed by atoms with Gasteiger partial charge < -0.3 is 10.3 Å². The molecule has 0 spiro atoms. The number of carbonyl (C=O) groups excluding carboxylic acids is 2. The van der Waals surface area contributed by atoms with Crippen LogP contribution in [0.5, 0.6) is 0 Å². The fourth-order valence-electron chi connectivity index (χ4n) is 2.22. The molecule has 3 amide bonds. The molecule has 0 aliphatic carbocycles. The van der Waals surface area contributed by atoms with E-state index in [1.54, 1.807) is 24.7 Å². The maximum atomic E-state index is 12.3. The third-order valence-corrected chi connectivity index (χ3v) is 3.29. The first-order chi connectivity index (χ1) is 9.65. The van der Waals surface area contributed by atoms with Gasteiger partial charge in [0.05, 0.1) is 12.0 Å². The first-order valence-corrected chi connectivity index (χ1v) is 6.33. The maximum absolute atomic E-state index is 12.3. The monoisotopic (exact) mass is 270 g/mol. The minimum Gasteiger partial charge on any atom is -0.348 e. The standard InChI is InChI=1S/C14H14N4O2/c1-9-2-4-11(5-3-9)18-13(19)12(17-14(18)20)6-10-7-15-8-16-10/h2-5,7-8,12H,6H2,1H3,(H,15,16)(H,17,20). The van der Waals surface area contributed by atoms with Gasteiger partial charge in [0.1, 0.15) is 6.04 Å². The molecular formula is C14H14N4O2. The fourth-order valence-corrected chi connectivity index (χ4v) is 2.22. The van der Waals surface area contributed by atoms with Gasteiger partial charge in [-0.25, -0.2) is 14.7 Å². The average molecular weight is 270 g/mol. The van der Waals surface area contributed by atoms with Crippen molar-refractivity contribution in [3.63, 3.8) is 0 Å². The number of amides is 3. The smallest absolute Gasteiger partial charge is 0.329 e. The molecule has 2 aromatic rings. The fraction of sp³-hybridized carbons (Fsp3) is 0.214. The van der Waals surface area contributed by atoms with Crippen LogP contribution in [0.4, 0.5) is 10.5 Å². The van der Waals surface area contributed by atoms with Crippen molar-refractivity contribution in [3.05, 3.63) is 48.0 Å². The zero-order chi connectivity index (χ0) is 14.1. The van der Waals surface area contributed by atoms with Crippen LogP contribution >= 0.6 is 0 Å². The highest BCUT2D eigenvalue weighted by molar-refractivity contribution is 6.21. The van der Waals surface area contributed by atoms with Crippen molar-refractivity contribution < 1.29 is 9.59 Å². The van der Waals surface area contributed by atoms with Gasteiger partial charge in [-0.3, -0.25) is 4.79 Å². The highest BCUT2D eigenvalue weighted by Crippen LogP contribution is 2.21. The molecule has 102 valence electrons. The number of hydrogen-bond acceptors (Lipinski definition) is 3. The third-order valence-electron chi connectivity index (χ3n) is 3.29. The Bertz CT molecular complexity index is 634. The lowest BCUT2D eigenvalue weighted by molar-refractivity contribution is -0.118. The van der Waals surface area contributed by atoms with Crippen molar-refractivity contribution in [1.82, 2.24) is 15.3 Å². The van der Waals surface area contributed by atoms with E-state index in [-0.39, 0.29) is 11.9 Å². The van der Waals surface area contributed by atoms with Crippen LogP contribution in [0, 0.1) is 6.92 Å². The van der Waals surface area contributed by atoms with E-state index >= 15 is 0 Å². The molecule has 1 atom stereocenters. The molecule has 2 N–H and O–H groups in total. The van der Waals surface area contributed by atoms with E-state index in [9.17, 15) is 9.59 Å². The number of anilines is 1. The Morgan fingerprint density at radius 3 is 2.65 bits per heavy atom. The number of imide groups is 1. The molecule has 1 saturated heterocycles. The van der Waals surface area contributed by atoms with Crippen molar-refractivity contribution in [3.8, 4) is 0 Å². The summed E-state index contributed by atoms with van der Waals surface area (Å²) in [6.07, 6.45) is 3.61. The zero-order valence-electron chi connectivity index (χ0n) is 11.0. The van der Waals surface area contributed by atoms with Crippen molar-refractivity contribution in [2.45, 2.75) is 19.4 Å². The number of H-pyrrole nitrogens is 1. The molecule has 1 aromatic carbocycles. The van der Waals surface area contributed by atoms with Crippen molar-refractivity contribution in [2.75, 3.05) is 4.90 Å². The molecule has 2 heterocycles. The summed E-state index contributed by atoms with van der Waals surface area (Å²) in [6.45, 7) is 1.96. The van der Waals surface area contributed by atoms with Crippen LogP contribution in [0.2, 0.25) is 0 Å². The second-order valence-corrected chi connectivity index (χ2v) is 4.79. The highest BCUT2D eigenvalue weighted by Gasteiger charge is 2.39. The molecule has 1 aliphatic rings. The summed E-state index contributed by atoms with van der Waals surface area (Å²) in [5, 5.41) is 2.69. The highest BCUT2D eigenvalue weighted by atomic mass is 16.2. The maximum Gasteiger partial charge on any atom is 0.329 e. The van der Waals surface area contributed by atoms with Crippen molar-refractivity contribution in [1.29, 1.82) is 0 Å². The first kappa shape index (κ1) is 12.4. The third kappa shape index (κ3) is 2.16. The molecular weight excluding hydrogens is 256 g/mol. The van der Waals surface area contributed by atoms with Crippen molar-refractivity contribution in [2.24, 2.45) is 0 Å². The van der Waals surface area contributed by atoms with Gasteiger partial charge in [0.15, 0.2) is 0 Å². The lowest BCUT2D eigenvalue weighted by Crippen LogP contribution is -2.32. The summed E-state index contributed by atoms with van der Waals surface area (Å²) in [5.41, 5.74) is 2.48. The number of imidazole rings is 1. The van der Waals surface area contributed by atoms with Crippen LogP contribution < -0.4 is 10.2 Å². The van der Waals surface area contributed by atoms with Crippen LogP contribution in [0.25, 0.3) is 0 Å². The number of nitrogens with one attached hydrogen (secondary N) is 2. The van der Waals surface area contributed by atoms with Gasteiger partial charge in [-0.05, 0) is 19.1 Å². The molecule has 1 aromatic heterocycles. The molecule has 1 aliphatic heterocycles. The second-order valence-electron chi connectivity index (χ2n) is 4.79. The number of rotatable bonds is 3. The van der Waals surface area contributed by atoms with Gasteiger partial charge in [-0.2, -0.15) is 0 Å². The van der Waals surface area contributed by atoms with Gasteiger partial charge in [-0.15, -0.1) is 0 Å². The van der Waals surface area contributed by atoms with E-state index in [0.29, 0.717) is 12.1 Å². The van der Waals surface area contributed by atoms with Gasteiger partial charge >= 0.3 is 6.03 Å². The molecule has 1 unspecified atom stereocenters. The minimum absolute atomic E-state index is 0.242.